The third kappa shape index (κ3) is 4.01. The van der Waals surface area contributed by atoms with Gasteiger partial charge in [-0.1, -0.05) is 30.3 Å². The average Bonchev–Trinajstić information content (AvgIpc) is 2.52. The molecule has 0 saturated heterocycles. The summed E-state index contributed by atoms with van der Waals surface area (Å²) in [5.41, 5.74) is 1.65. The second kappa shape index (κ2) is 6.36. The molecule has 0 aliphatic heterocycles. The summed E-state index contributed by atoms with van der Waals surface area (Å²) < 4.78 is 0.958. The maximum Gasteiger partial charge on any atom is 0.259 e. The van der Waals surface area contributed by atoms with Crippen LogP contribution in [0.3, 0.4) is 0 Å². The SMILES string of the molecule is CC(C)(C)N([O-])c1cc(-c2ccccc2)cc([N+](=O)C(C)(C)C)c1. The molecule has 24 heavy (non-hydrogen) atoms. The zero-order valence-electron chi connectivity index (χ0n) is 15.3. The Balaban J connectivity index is 2.62. The summed E-state index contributed by atoms with van der Waals surface area (Å²) in [6, 6.07) is 15.1. The minimum absolute atomic E-state index is 0.490. The molecule has 0 heterocycles. The Kier molecular flexibility index (Phi) is 4.81. The predicted octanol–water partition coefficient (Wildman–Crippen LogP) is 5.67. The molecule has 0 amide bonds. The summed E-state index contributed by atoms with van der Waals surface area (Å²) in [7, 11) is 0. The third-order valence-corrected chi connectivity index (χ3v) is 3.70. The van der Waals surface area contributed by atoms with Gasteiger partial charge in [0.25, 0.3) is 5.69 Å². The van der Waals surface area contributed by atoms with Crippen molar-refractivity contribution in [2.24, 2.45) is 0 Å². The molecule has 2 aromatic carbocycles. The second-order valence-electron chi connectivity index (χ2n) is 8.03. The molecule has 0 aliphatic rings. The smallest absolute Gasteiger partial charge is 0.259 e. The van der Waals surface area contributed by atoms with E-state index in [9.17, 15) is 10.1 Å². The summed E-state index contributed by atoms with van der Waals surface area (Å²) in [5, 5.41) is 13.6. The number of nitrogens with zero attached hydrogens (tertiary/aromatic N) is 2. The number of rotatable bonds is 3. The molecule has 0 bridgehead atoms. The third-order valence-electron chi connectivity index (χ3n) is 3.70. The minimum atomic E-state index is -0.581. The molecule has 0 spiro atoms. The average molecular weight is 326 g/mol. The molecule has 2 rings (SSSR count). The normalized spacial score (nSPS) is 12.1. The Morgan fingerprint density at radius 2 is 1.46 bits per heavy atom. The van der Waals surface area contributed by atoms with Gasteiger partial charge in [0.05, 0.1) is 0 Å². The van der Waals surface area contributed by atoms with Gasteiger partial charge < -0.3 is 10.3 Å². The monoisotopic (exact) mass is 326 g/mol. The number of anilines is 1. The highest BCUT2D eigenvalue weighted by Gasteiger charge is 2.32. The lowest BCUT2D eigenvalue weighted by Crippen LogP contribution is -2.36. The molecule has 0 saturated carbocycles. The van der Waals surface area contributed by atoms with Crippen molar-refractivity contribution in [2.45, 2.75) is 52.6 Å². The van der Waals surface area contributed by atoms with Gasteiger partial charge in [-0.2, -0.15) is 0 Å². The second-order valence-corrected chi connectivity index (χ2v) is 8.03. The van der Waals surface area contributed by atoms with Crippen molar-refractivity contribution >= 4 is 11.4 Å². The first kappa shape index (κ1) is 18.1. The van der Waals surface area contributed by atoms with E-state index >= 15 is 0 Å². The van der Waals surface area contributed by atoms with Crippen LogP contribution in [0.5, 0.6) is 0 Å². The molecule has 0 radical (unpaired) electrons. The molecular weight excluding hydrogens is 300 g/mol. The first-order valence-electron chi connectivity index (χ1n) is 8.15. The van der Waals surface area contributed by atoms with Crippen LogP contribution in [0.2, 0.25) is 0 Å². The first-order valence-corrected chi connectivity index (χ1v) is 8.15. The summed E-state index contributed by atoms with van der Waals surface area (Å²) in [5.74, 6) is 0. The topological polar surface area (TPSA) is 46.4 Å². The minimum Gasteiger partial charge on any atom is -0.758 e. The molecule has 0 aliphatic carbocycles. The Labute approximate surface area is 144 Å². The molecule has 0 atom stereocenters. The lowest BCUT2D eigenvalue weighted by molar-refractivity contribution is -0.540. The summed E-state index contributed by atoms with van der Waals surface area (Å²) >= 11 is 0. The molecule has 0 fully saturated rings. The van der Waals surface area contributed by atoms with Gasteiger partial charge in [-0.15, -0.1) is 0 Å². The lowest BCUT2D eigenvalue weighted by Gasteiger charge is -2.43. The van der Waals surface area contributed by atoms with E-state index in [1.807, 2.05) is 84.0 Å². The first-order chi connectivity index (χ1) is 11.0. The van der Waals surface area contributed by atoms with E-state index in [-0.39, 0.29) is 0 Å². The van der Waals surface area contributed by atoms with Crippen molar-refractivity contribution in [3.8, 4) is 11.1 Å². The van der Waals surface area contributed by atoms with E-state index < -0.39 is 11.1 Å². The Hall–Kier alpha value is -2.20. The fraction of sp³-hybridized carbons (Fsp3) is 0.400. The van der Waals surface area contributed by atoms with E-state index in [2.05, 4.69) is 0 Å². The highest BCUT2D eigenvalue weighted by molar-refractivity contribution is 5.73. The van der Waals surface area contributed by atoms with Crippen LogP contribution >= 0.6 is 0 Å². The zero-order valence-corrected chi connectivity index (χ0v) is 15.3. The highest BCUT2D eigenvalue weighted by atomic mass is 16.5. The molecule has 4 nitrogen and oxygen atoms in total. The molecule has 2 aromatic rings. The number of nitroso groups, excluding NO2 is 1. The molecule has 128 valence electrons. The van der Waals surface area contributed by atoms with Gasteiger partial charge in [0, 0.05) is 53.8 Å². The van der Waals surface area contributed by atoms with E-state index in [4.69, 9.17) is 0 Å². The van der Waals surface area contributed by atoms with Gasteiger partial charge in [0.15, 0.2) is 0 Å². The van der Waals surface area contributed by atoms with Gasteiger partial charge in [-0.3, -0.25) is 0 Å². The van der Waals surface area contributed by atoms with Gasteiger partial charge in [-0.05, 0) is 38.0 Å². The Bertz CT molecular complexity index is 726. The molecule has 0 aromatic heterocycles. The quantitative estimate of drug-likeness (QED) is 0.539. The Morgan fingerprint density at radius 1 is 0.875 bits per heavy atom. The molecule has 4 heteroatoms. The van der Waals surface area contributed by atoms with E-state index in [0.717, 1.165) is 21.0 Å². The Morgan fingerprint density at radius 3 is 1.96 bits per heavy atom. The van der Waals surface area contributed by atoms with E-state index in [1.165, 1.54) is 0 Å². The van der Waals surface area contributed by atoms with Crippen molar-refractivity contribution in [3.05, 3.63) is 58.6 Å². The van der Waals surface area contributed by atoms with Crippen molar-refractivity contribution < 1.29 is 4.76 Å². The van der Waals surface area contributed by atoms with Crippen LogP contribution in [-0.2, 0) is 0 Å². The fourth-order valence-electron chi connectivity index (χ4n) is 2.40. The predicted molar refractivity (Wildman–Crippen MR) is 101 cm³/mol. The highest BCUT2D eigenvalue weighted by Crippen LogP contribution is 2.34. The standard InChI is InChI=1S/C20H26N2O2/c1-19(2,3)21(23)17-12-16(15-10-8-7-9-11-15)13-18(14-17)22(24)20(4,5)6/h7-14H,1-6H3. The van der Waals surface area contributed by atoms with Gasteiger partial charge in [0.1, 0.15) is 0 Å². The van der Waals surface area contributed by atoms with Crippen LogP contribution in [0, 0.1) is 10.1 Å². The molecule has 0 unspecified atom stereocenters. The van der Waals surface area contributed by atoms with Crippen LogP contribution in [0.15, 0.2) is 48.5 Å². The number of hydrogen-bond acceptors (Lipinski definition) is 3. The van der Waals surface area contributed by atoms with Gasteiger partial charge in [0.2, 0.25) is 5.54 Å². The largest absolute Gasteiger partial charge is 0.758 e. The van der Waals surface area contributed by atoms with Crippen LogP contribution in [-0.4, -0.2) is 15.8 Å². The fourth-order valence-corrected chi connectivity index (χ4v) is 2.40. The maximum absolute atomic E-state index is 12.7. The van der Waals surface area contributed by atoms with Crippen molar-refractivity contribution in [3.63, 3.8) is 0 Å². The van der Waals surface area contributed by atoms with Crippen molar-refractivity contribution in [2.75, 3.05) is 5.06 Å². The number of benzene rings is 2. The number of hydrogen-bond donors (Lipinski definition) is 0. The van der Waals surface area contributed by atoms with Gasteiger partial charge in [-0.25, -0.2) is 0 Å². The van der Waals surface area contributed by atoms with E-state index in [0.29, 0.717) is 11.4 Å². The van der Waals surface area contributed by atoms with Crippen molar-refractivity contribution in [1.82, 2.24) is 0 Å². The van der Waals surface area contributed by atoms with Crippen LogP contribution in [0.25, 0.3) is 11.1 Å². The van der Waals surface area contributed by atoms with Crippen molar-refractivity contribution in [1.29, 1.82) is 0 Å². The van der Waals surface area contributed by atoms with Crippen LogP contribution in [0.1, 0.15) is 41.5 Å². The summed E-state index contributed by atoms with van der Waals surface area (Å²) in [6.07, 6.45) is 0. The molecule has 0 N–H and O–H groups in total. The maximum atomic E-state index is 12.7. The zero-order chi connectivity index (χ0) is 18.1. The summed E-state index contributed by atoms with van der Waals surface area (Å²) in [4.78, 5) is 12.7. The van der Waals surface area contributed by atoms with E-state index in [1.54, 1.807) is 6.07 Å². The molecular formula is C20H26N2O2. The van der Waals surface area contributed by atoms with Crippen LogP contribution in [0.4, 0.5) is 11.4 Å². The lowest BCUT2D eigenvalue weighted by atomic mass is 10.0. The number of hydroxylamine groups is 1. The van der Waals surface area contributed by atoms with Crippen LogP contribution < -0.4 is 5.06 Å². The summed E-state index contributed by atoms with van der Waals surface area (Å²) in [6.45, 7) is 11.1. The van der Waals surface area contributed by atoms with Gasteiger partial charge >= 0.3 is 0 Å².